The highest BCUT2D eigenvalue weighted by molar-refractivity contribution is 5.75. The quantitative estimate of drug-likeness (QED) is 0.670. The normalized spacial score (nSPS) is 17.9. The van der Waals surface area contributed by atoms with Crippen LogP contribution in [0.25, 0.3) is 0 Å². The monoisotopic (exact) mass is 269 g/mol. The van der Waals surface area contributed by atoms with E-state index < -0.39 is 0 Å². The molecule has 1 aliphatic carbocycles. The van der Waals surface area contributed by atoms with Crippen molar-refractivity contribution in [1.82, 2.24) is 10.2 Å². The molecule has 4 nitrogen and oxygen atoms in total. The van der Waals surface area contributed by atoms with Gasteiger partial charge in [-0.2, -0.15) is 0 Å². The van der Waals surface area contributed by atoms with Crippen LogP contribution in [-0.4, -0.2) is 43.5 Å². The smallest absolute Gasteiger partial charge is 0.220 e. The van der Waals surface area contributed by atoms with Crippen molar-refractivity contribution in [2.45, 2.75) is 57.9 Å². The SMILES string of the molecule is CC(CCN)CCC(=O)NCCN(C)C1CCCC1. The van der Waals surface area contributed by atoms with Crippen molar-refractivity contribution in [1.29, 1.82) is 0 Å². The van der Waals surface area contributed by atoms with Gasteiger partial charge in [-0.3, -0.25) is 4.79 Å². The van der Waals surface area contributed by atoms with Crippen molar-refractivity contribution in [3.8, 4) is 0 Å². The molecule has 0 heterocycles. The summed E-state index contributed by atoms with van der Waals surface area (Å²) in [6, 6.07) is 0.737. The van der Waals surface area contributed by atoms with E-state index in [0.29, 0.717) is 12.3 Å². The van der Waals surface area contributed by atoms with E-state index in [1.54, 1.807) is 0 Å². The highest BCUT2D eigenvalue weighted by Crippen LogP contribution is 2.21. The lowest BCUT2D eigenvalue weighted by Crippen LogP contribution is -2.37. The first-order chi connectivity index (χ1) is 9.13. The fraction of sp³-hybridized carbons (Fsp3) is 0.933. The van der Waals surface area contributed by atoms with Crippen molar-refractivity contribution in [2.75, 3.05) is 26.7 Å². The minimum Gasteiger partial charge on any atom is -0.355 e. The molecule has 0 spiro atoms. The third kappa shape index (κ3) is 6.92. The molecular formula is C15H31N3O. The summed E-state index contributed by atoms with van der Waals surface area (Å²) < 4.78 is 0. The number of amides is 1. The maximum atomic E-state index is 11.7. The van der Waals surface area contributed by atoms with Crippen LogP contribution in [0.2, 0.25) is 0 Å². The Bertz CT molecular complexity index is 252. The van der Waals surface area contributed by atoms with E-state index in [-0.39, 0.29) is 5.91 Å². The van der Waals surface area contributed by atoms with E-state index >= 15 is 0 Å². The first-order valence-corrected chi connectivity index (χ1v) is 7.80. The van der Waals surface area contributed by atoms with Crippen LogP contribution in [0.5, 0.6) is 0 Å². The average molecular weight is 269 g/mol. The highest BCUT2D eigenvalue weighted by atomic mass is 16.1. The van der Waals surface area contributed by atoms with Crippen LogP contribution in [0.3, 0.4) is 0 Å². The number of nitrogens with two attached hydrogens (primary N) is 1. The van der Waals surface area contributed by atoms with E-state index in [1.807, 2.05) is 0 Å². The fourth-order valence-corrected chi connectivity index (χ4v) is 2.79. The zero-order chi connectivity index (χ0) is 14.1. The van der Waals surface area contributed by atoms with Crippen LogP contribution in [0.1, 0.15) is 51.9 Å². The second-order valence-corrected chi connectivity index (χ2v) is 5.99. The molecule has 1 fully saturated rings. The number of carbonyl (C=O) groups excluding carboxylic acids is 1. The van der Waals surface area contributed by atoms with Crippen molar-refractivity contribution in [3.05, 3.63) is 0 Å². The van der Waals surface area contributed by atoms with Gasteiger partial charge in [-0.15, -0.1) is 0 Å². The Hall–Kier alpha value is -0.610. The molecule has 0 aliphatic heterocycles. The van der Waals surface area contributed by atoms with Crippen LogP contribution < -0.4 is 11.1 Å². The number of rotatable bonds is 9. The molecule has 1 atom stereocenters. The van der Waals surface area contributed by atoms with Crippen molar-refractivity contribution in [3.63, 3.8) is 0 Å². The number of hydrogen-bond acceptors (Lipinski definition) is 3. The maximum absolute atomic E-state index is 11.7. The summed E-state index contributed by atoms with van der Waals surface area (Å²) in [5, 5.41) is 3.02. The fourth-order valence-electron chi connectivity index (χ4n) is 2.79. The van der Waals surface area contributed by atoms with E-state index in [1.165, 1.54) is 25.7 Å². The van der Waals surface area contributed by atoms with Gasteiger partial charge in [-0.05, 0) is 45.2 Å². The summed E-state index contributed by atoms with van der Waals surface area (Å²) >= 11 is 0. The lowest BCUT2D eigenvalue weighted by atomic mass is 10.0. The van der Waals surface area contributed by atoms with Crippen LogP contribution in [0, 0.1) is 5.92 Å². The molecule has 1 rings (SSSR count). The van der Waals surface area contributed by atoms with Crippen LogP contribution in [0.4, 0.5) is 0 Å². The minimum absolute atomic E-state index is 0.184. The third-order valence-electron chi connectivity index (χ3n) is 4.26. The Kier molecular flexibility index (Phi) is 8.07. The first-order valence-electron chi connectivity index (χ1n) is 7.80. The van der Waals surface area contributed by atoms with Gasteiger partial charge in [0.1, 0.15) is 0 Å². The molecule has 1 amide bonds. The lowest BCUT2D eigenvalue weighted by molar-refractivity contribution is -0.121. The summed E-state index contributed by atoms with van der Waals surface area (Å²) in [5.74, 6) is 0.737. The molecule has 0 aromatic rings. The van der Waals surface area contributed by atoms with Gasteiger partial charge >= 0.3 is 0 Å². The molecule has 3 N–H and O–H groups in total. The maximum Gasteiger partial charge on any atom is 0.220 e. The molecule has 1 unspecified atom stereocenters. The van der Waals surface area contributed by atoms with Gasteiger partial charge in [0.05, 0.1) is 0 Å². The Labute approximate surface area is 118 Å². The standard InChI is InChI=1S/C15H31N3O/c1-13(9-10-16)7-8-15(19)17-11-12-18(2)14-5-3-4-6-14/h13-14H,3-12,16H2,1-2H3,(H,17,19). The Morgan fingerprint density at radius 3 is 2.68 bits per heavy atom. The molecule has 112 valence electrons. The van der Waals surface area contributed by atoms with Gasteiger partial charge in [0.25, 0.3) is 0 Å². The van der Waals surface area contributed by atoms with Crippen molar-refractivity contribution < 1.29 is 4.79 Å². The zero-order valence-corrected chi connectivity index (χ0v) is 12.7. The molecule has 0 radical (unpaired) electrons. The minimum atomic E-state index is 0.184. The Morgan fingerprint density at radius 1 is 1.37 bits per heavy atom. The topological polar surface area (TPSA) is 58.4 Å². The molecule has 0 bridgehead atoms. The summed E-state index contributed by atoms with van der Waals surface area (Å²) in [5.41, 5.74) is 5.50. The van der Waals surface area contributed by atoms with Gasteiger partial charge in [0, 0.05) is 25.6 Å². The summed E-state index contributed by atoms with van der Waals surface area (Å²) in [6.45, 7) is 4.62. The first kappa shape index (κ1) is 16.4. The van der Waals surface area contributed by atoms with Gasteiger partial charge in [0.2, 0.25) is 5.91 Å². The van der Waals surface area contributed by atoms with E-state index in [2.05, 4.69) is 24.2 Å². The second kappa shape index (κ2) is 9.32. The predicted molar refractivity (Wildman–Crippen MR) is 80.0 cm³/mol. The molecule has 0 aromatic heterocycles. The van der Waals surface area contributed by atoms with Crippen molar-refractivity contribution >= 4 is 5.91 Å². The molecule has 19 heavy (non-hydrogen) atoms. The molecule has 4 heteroatoms. The number of nitrogens with zero attached hydrogens (tertiary/aromatic N) is 1. The number of hydrogen-bond donors (Lipinski definition) is 2. The summed E-state index contributed by atoms with van der Waals surface area (Å²) in [7, 11) is 2.17. The number of likely N-dealkylation sites (N-methyl/N-ethyl adjacent to an activating group) is 1. The van der Waals surface area contributed by atoms with Gasteiger partial charge in [-0.1, -0.05) is 19.8 Å². The largest absolute Gasteiger partial charge is 0.355 e. The Morgan fingerprint density at radius 2 is 2.05 bits per heavy atom. The van der Waals surface area contributed by atoms with Crippen LogP contribution in [0.15, 0.2) is 0 Å². The molecule has 1 saturated carbocycles. The second-order valence-electron chi connectivity index (χ2n) is 5.99. The van der Waals surface area contributed by atoms with Gasteiger partial charge in [0.15, 0.2) is 0 Å². The average Bonchev–Trinajstić information content (AvgIpc) is 2.90. The van der Waals surface area contributed by atoms with Crippen LogP contribution >= 0.6 is 0 Å². The molecule has 1 aliphatic rings. The summed E-state index contributed by atoms with van der Waals surface area (Å²) in [4.78, 5) is 14.1. The molecular weight excluding hydrogens is 238 g/mol. The lowest BCUT2D eigenvalue weighted by Gasteiger charge is -2.23. The Balaban J connectivity index is 2.03. The van der Waals surface area contributed by atoms with E-state index in [9.17, 15) is 4.79 Å². The van der Waals surface area contributed by atoms with Gasteiger partial charge in [-0.25, -0.2) is 0 Å². The van der Waals surface area contributed by atoms with Crippen molar-refractivity contribution in [2.24, 2.45) is 11.7 Å². The van der Waals surface area contributed by atoms with Crippen LogP contribution in [-0.2, 0) is 4.79 Å². The predicted octanol–water partition coefficient (Wildman–Crippen LogP) is 1.74. The molecule has 0 aromatic carbocycles. The number of nitrogens with one attached hydrogen (secondary N) is 1. The van der Waals surface area contributed by atoms with E-state index in [0.717, 1.165) is 38.5 Å². The number of carbonyl (C=O) groups is 1. The van der Waals surface area contributed by atoms with E-state index in [4.69, 9.17) is 5.73 Å². The molecule has 0 saturated heterocycles. The van der Waals surface area contributed by atoms with Gasteiger partial charge < -0.3 is 16.0 Å². The third-order valence-corrected chi connectivity index (χ3v) is 4.26. The summed E-state index contributed by atoms with van der Waals surface area (Å²) in [6.07, 6.45) is 7.95. The highest BCUT2D eigenvalue weighted by Gasteiger charge is 2.18. The zero-order valence-electron chi connectivity index (χ0n) is 12.7.